The van der Waals surface area contributed by atoms with Gasteiger partial charge in [-0.3, -0.25) is 0 Å². The maximum Gasteiger partial charge on any atom is 0.203 e. The fourth-order valence-electron chi connectivity index (χ4n) is 1.55. The van der Waals surface area contributed by atoms with Gasteiger partial charge in [-0.2, -0.15) is 4.57 Å². The van der Waals surface area contributed by atoms with Crippen molar-refractivity contribution in [3.63, 3.8) is 0 Å². The maximum atomic E-state index is 4.03. The quantitative estimate of drug-likeness (QED) is 0.553. The summed E-state index contributed by atoms with van der Waals surface area (Å²) in [5.74, 6) is 0. The molecule has 0 unspecified atom stereocenters. The van der Waals surface area contributed by atoms with Crippen LogP contribution < -0.4 is 4.57 Å². The van der Waals surface area contributed by atoms with Gasteiger partial charge in [0.25, 0.3) is 0 Å². The molecule has 0 bridgehead atoms. The lowest BCUT2D eigenvalue weighted by Gasteiger charge is -1.95. The van der Waals surface area contributed by atoms with Crippen LogP contribution in [0.4, 0.5) is 0 Å². The van der Waals surface area contributed by atoms with Gasteiger partial charge in [-0.15, -0.1) is 0 Å². The lowest BCUT2D eigenvalue weighted by atomic mass is 10.1. The summed E-state index contributed by atoms with van der Waals surface area (Å²) in [7, 11) is 0. The smallest absolute Gasteiger partial charge is 0.168 e. The van der Waals surface area contributed by atoms with Crippen LogP contribution in [0.5, 0.6) is 0 Å². The molecule has 2 rings (SSSR count). The molecule has 1 heteroatoms. The Bertz CT molecular complexity index is 521. The van der Waals surface area contributed by atoms with Crippen LogP contribution in [0, 0.1) is 6.92 Å². The van der Waals surface area contributed by atoms with Crippen molar-refractivity contribution in [2.75, 3.05) is 0 Å². The third-order valence-corrected chi connectivity index (χ3v) is 2.59. The molecular weight excluding hydrogens is 206 g/mol. The highest BCUT2D eigenvalue weighted by atomic mass is 14.9. The van der Waals surface area contributed by atoms with Crippen LogP contribution in [-0.2, 0) is 0 Å². The molecule has 1 aromatic heterocycles. The van der Waals surface area contributed by atoms with Crippen molar-refractivity contribution in [3.05, 3.63) is 78.6 Å². The molecular formula is C16H16N+. The summed E-state index contributed by atoms with van der Waals surface area (Å²) in [4.78, 5) is 0. The van der Waals surface area contributed by atoms with E-state index in [-0.39, 0.29) is 0 Å². The number of hydrogen-bond acceptors (Lipinski definition) is 0. The summed E-state index contributed by atoms with van der Waals surface area (Å²) in [6, 6.07) is 14.4. The van der Waals surface area contributed by atoms with Crippen LogP contribution >= 0.6 is 0 Å². The van der Waals surface area contributed by atoms with E-state index in [0.717, 1.165) is 5.70 Å². The summed E-state index contributed by atoms with van der Waals surface area (Å²) >= 11 is 0. The Balaban J connectivity index is 2.11. The third kappa shape index (κ3) is 3.15. The van der Waals surface area contributed by atoms with Gasteiger partial charge in [0.05, 0.1) is 0 Å². The highest BCUT2D eigenvalue weighted by molar-refractivity contribution is 5.60. The number of aryl methyl sites for hydroxylation is 1. The zero-order valence-electron chi connectivity index (χ0n) is 10.0. The van der Waals surface area contributed by atoms with Crippen LogP contribution in [0.15, 0.2) is 67.5 Å². The molecule has 0 aliphatic heterocycles. The molecule has 0 aliphatic rings. The molecule has 0 fully saturated rings. The summed E-state index contributed by atoms with van der Waals surface area (Å²) < 4.78 is 1.99. The van der Waals surface area contributed by atoms with Crippen molar-refractivity contribution in [2.45, 2.75) is 6.92 Å². The van der Waals surface area contributed by atoms with E-state index in [1.807, 2.05) is 41.2 Å². The molecule has 0 atom stereocenters. The normalized spacial score (nSPS) is 10.6. The number of allylic oxidation sites excluding steroid dienone is 2. The van der Waals surface area contributed by atoms with Gasteiger partial charge in [0, 0.05) is 18.2 Å². The average Bonchev–Trinajstić information content (AvgIpc) is 2.39. The Morgan fingerprint density at radius 3 is 2.35 bits per heavy atom. The predicted octanol–water partition coefficient (Wildman–Crippen LogP) is 3.47. The van der Waals surface area contributed by atoms with Crippen molar-refractivity contribution in [2.24, 2.45) is 0 Å². The van der Waals surface area contributed by atoms with E-state index in [0.29, 0.717) is 0 Å². The lowest BCUT2D eigenvalue weighted by molar-refractivity contribution is -0.578. The average molecular weight is 222 g/mol. The first-order chi connectivity index (χ1) is 8.25. The Hall–Kier alpha value is -2.15. The number of rotatable bonds is 3. The second kappa shape index (κ2) is 5.26. The molecule has 1 heterocycles. The number of benzene rings is 1. The fraction of sp³-hybridized carbons (Fsp3) is 0.0625. The summed E-state index contributed by atoms with van der Waals surface area (Å²) in [6.45, 7) is 6.12. The monoisotopic (exact) mass is 222 g/mol. The van der Waals surface area contributed by atoms with Gasteiger partial charge in [0.2, 0.25) is 5.70 Å². The third-order valence-electron chi connectivity index (χ3n) is 2.59. The highest BCUT2D eigenvalue weighted by Gasteiger charge is 1.99. The fourth-order valence-corrected chi connectivity index (χ4v) is 1.55. The minimum absolute atomic E-state index is 0.950. The molecule has 0 amide bonds. The van der Waals surface area contributed by atoms with Gasteiger partial charge >= 0.3 is 0 Å². The highest BCUT2D eigenvalue weighted by Crippen LogP contribution is 2.06. The molecule has 0 radical (unpaired) electrons. The Morgan fingerprint density at radius 2 is 1.71 bits per heavy atom. The van der Waals surface area contributed by atoms with Crippen molar-refractivity contribution >= 4 is 11.8 Å². The van der Waals surface area contributed by atoms with Gasteiger partial charge < -0.3 is 0 Å². The van der Waals surface area contributed by atoms with Gasteiger partial charge in [-0.05, 0) is 25.1 Å². The van der Waals surface area contributed by atoms with E-state index in [4.69, 9.17) is 0 Å². The molecule has 84 valence electrons. The molecule has 0 aliphatic carbocycles. The topological polar surface area (TPSA) is 3.88 Å². The van der Waals surface area contributed by atoms with E-state index in [9.17, 15) is 0 Å². The molecule has 2 aromatic rings. The van der Waals surface area contributed by atoms with Crippen molar-refractivity contribution in [1.29, 1.82) is 0 Å². The van der Waals surface area contributed by atoms with Crippen molar-refractivity contribution in [1.82, 2.24) is 0 Å². The van der Waals surface area contributed by atoms with E-state index in [2.05, 4.69) is 43.8 Å². The second-order valence-electron chi connectivity index (χ2n) is 4.02. The summed E-state index contributed by atoms with van der Waals surface area (Å²) in [5, 5.41) is 0. The standard InChI is InChI=1S/C16H16N/c1-14-6-9-16(10-7-14)11-8-15(2)17-12-4-3-5-13-17/h3-13H,2H2,1H3/q+1/b11-8+. The van der Waals surface area contributed by atoms with Crippen LogP contribution in [0.1, 0.15) is 11.1 Å². The zero-order valence-corrected chi connectivity index (χ0v) is 10.0. The number of nitrogens with zero attached hydrogens (tertiary/aromatic N) is 1. The van der Waals surface area contributed by atoms with Gasteiger partial charge in [0.1, 0.15) is 0 Å². The molecule has 17 heavy (non-hydrogen) atoms. The van der Waals surface area contributed by atoms with E-state index >= 15 is 0 Å². The largest absolute Gasteiger partial charge is 0.203 e. The Kier molecular flexibility index (Phi) is 3.51. The Morgan fingerprint density at radius 1 is 1.06 bits per heavy atom. The molecule has 0 saturated carbocycles. The van der Waals surface area contributed by atoms with Crippen LogP contribution in [0.2, 0.25) is 0 Å². The van der Waals surface area contributed by atoms with Crippen LogP contribution in [-0.4, -0.2) is 0 Å². The second-order valence-corrected chi connectivity index (χ2v) is 4.02. The predicted molar refractivity (Wildman–Crippen MR) is 72.2 cm³/mol. The molecule has 0 spiro atoms. The first-order valence-electron chi connectivity index (χ1n) is 5.66. The SMILES string of the molecule is C=C(/C=C/c1ccc(C)cc1)[n+]1ccccc1. The van der Waals surface area contributed by atoms with Gasteiger partial charge in [-0.1, -0.05) is 35.9 Å². The van der Waals surface area contributed by atoms with Crippen LogP contribution in [0.3, 0.4) is 0 Å². The van der Waals surface area contributed by atoms with Gasteiger partial charge in [-0.25, -0.2) is 0 Å². The lowest BCUT2D eigenvalue weighted by Crippen LogP contribution is -2.28. The summed E-state index contributed by atoms with van der Waals surface area (Å²) in [5.41, 5.74) is 3.41. The van der Waals surface area contributed by atoms with Crippen molar-refractivity contribution in [3.8, 4) is 0 Å². The first-order valence-corrected chi connectivity index (χ1v) is 5.66. The molecule has 0 N–H and O–H groups in total. The first kappa shape index (κ1) is 11.3. The van der Waals surface area contributed by atoms with E-state index in [1.165, 1.54) is 11.1 Å². The minimum atomic E-state index is 0.950. The minimum Gasteiger partial charge on any atom is -0.168 e. The van der Waals surface area contributed by atoms with Crippen molar-refractivity contribution < 1.29 is 4.57 Å². The van der Waals surface area contributed by atoms with Crippen LogP contribution in [0.25, 0.3) is 11.8 Å². The summed E-state index contributed by atoms with van der Waals surface area (Å²) in [6.07, 6.45) is 8.07. The maximum absolute atomic E-state index is 4.03. The number of pyridine rings is 1. The zero-order chi connectivity index (χ0) is 12.1. The number of hydrogen-bond donors (Lipinski definition) is 0. The number of aromatic nitrogens is 1. The Labute approximate surface area is 102 Å². The molecule has 1 nitrogen and oxygen atoms in total. The van der Waals surface area contributed by atoms with Gasteiger partial charge in [0.15, 0.2) is 12.4 Å². The molecule has 0 saturated heterocycles. The van der Waals surface area contributed by atoms with E-state index in [1.54, 1.807) is 0 Å². The van der Waals surface area contributed by atoms with E-state index < -0.39 is 0 Å². The molecule has 1 aromatic carbocycles.